The van der Waals surface area contributed by atoms with Crippen molar-refractivity contribution in [2.45, 2.75) is 19.9 Å². The van der Waals surface area contributed by atoms with Gasteiger partial charge < -0.3 is 9.64 Å². The Morgan fingerprint density at radius 2 is 1.75 bits per heavy atom. The van der Waals surface area contributed by atoms with Crippen LogP contribution in [0.15, 0.2) is 60.8 Å². The summed E-state index contributed by atoms with van der Waals surface area (Å²) < 4.78 is 6.63. The normalized spacial score (nSPS) is 13.3. The molecule has 28 heavy (non-hydrogen) atoms. The number of anilines is 1. The van der Waals surface area contributed by atoms with Crippen LogP contribution >= 0.6 is 0 Å². The summed E-state index contributed by atoms with van der Waals surface area (Å²) in [5.74, 6) is -0.750. The number of rotatable bonds is 5. The Bertz CT molecular complexity index is 994. The van der Waals surface area contributed by atoms with Crippen LogP contribution in [0, 0.1) is 0 Å². The van der Waals surface area contributed by atoms with Gasteiger partial charge in [-0.2, -0.15) is 5.10 Å². The zero-order chi connectivity index (χ0) is 19.5. The zero-order valence-corrected chi connectivity index (χ0v) is 15.7. The van der Waals surface area contributed by atoms with Gasteiger partial charge in [-0.05, 0) is 36.6 Å². The Morgan fingerprint density at radius 3 is 2.46 bits per heavy atom. The first-order valence-corrected chi connectivity index (χ1v) is 9.35. The fourth-order valence-electron chi connectivity index (χ4n) is 3.43. The van der Waals surface area contributed by atoms with Crippen molar-refractivity contribution in [1.82, 2.24) is 9.78 Å². The standard InChI is InChI=1S/C22H21N3O3/c1-2-28-22(27)19-15-23-25-13-12-24(21(26)20(19)25)18-10-8-17(9-11-18)14-16-6-4-3-5-7-16/h3-11,15H,2,12-14H2,1H3. The van der Waals surface area contributed by atoms with Crippen LogP contribution < -0.4 is 4.90 Å². The van der Waals surface area contributed by atoms with Crippen molar-refractivity contribution in [3.8, 4) is 0 Å². The maximum absolute atomic E-state index is 13.0. The summed E-state index contributed by atoms with van der Waals surface area (Å²) in [5.41, 5.74) is 3.74. The quantitative estimate of drug-likeness (QED) is 0.642. The summed E-state index contributed by atoms with van der Waals surface area (Å²) in [7, 11) is 0. The lowest BCUT2D eigenvalue weighted by atomic mass is 10.0. The molecule has 0 fully saturated rings. The highest BCUT2D eigenvalue weighted by atomic mass is 16.5. The maximum Gasteiger partial charge on any atom is 0.342 e. The van der Waals surface area contributed by atoms with Crippen molar-refractivity contribution in [2.75, 3.05) is 18.1 Å². The van der Waals surface area contributed by atoms with Crippen molar-refractivity contribution >= 4 is 17.6 Å². The Labute approximate surface area is 163 Å². The molecule has 4 rings (SSSR count). The molecule has 2 aromatic carbocycles. The average Bonchev–Trinajstić information content (AvgIpc) is 3.15. The Kier molecular flexibility index (Phi) is 4.93. The number of hydrogen-bond donors (Lipinski definition) is 0. The second kappa shape index (κ2) is 7.68. The molecule has 0 saturated heterocycles. The van der Waals surface area contributed by atoms with Gasteiger partial charge in [-0.15, -0.1) is 0 Å². The van der Waals surface area contributed by atoms with Gasteiger partial charge >= 0.3 is 5.97 Å². The molecule has 1 aliphatic rings. The zero-order valence-electron chi connectivity index (χ0n) is 15.7. The third-order valence-electron chi connectivity index (χ3n) is 4.82. The van der Waals surface area contributed by atoms with Gasteiger partial charge in [-0.1, -0.05) is 42.5 Å². The summed E-state index contributed by atoms with van der Waals surface area (Å²) in [4.78, 5) is 26.9. The van der Waals surface area contributed by atoms with E-state index in [2.05, 4.69) is 17.2 Å². The van der Waals surface area contributed by atoms with Crippen molar-refractivity contribution in [2.24, 2.45) is 0 Å². The molecule has 0 unspecified atom stereocenters. The molecule has 1 amide bonds. The summed E-state index contributed by atoms with van der Waals surface area (Å²) in [5, 5.41) is 4.17. The van der Waals surface area contributed by atoms with Crippen LogP contribution in [0.1, 0.15) is 38.9 Å². The number of ether oxygens (including phenoxy) is 1. The Morgan fingerprint density at radius 1 is 1.04 bits per heavy atom. The molecule has 0 spiro atoms. The van der Waals surface area contributed by atoms with Gasteiger partial charge in [0.1, 0.15) is 11.3 Å². The van der Waals surface area contributed by atoms with Crippen LogP contribution in [0.5, 0.6) is 0 Å². The number of aromatic nitrogens is 2. The van der Waals surface area contributed by atoms with Gasteiger partial charge in [0.25, 0.3) is 5.91 Å². The monoisotopic (exact) mass is 375 g/mol. The third-order valence-corrected chi connectivity index (χ3v) is 4.82. The minimum atomic E-state index is -0.517. The number of hydrogen-bond acceptors (Lipinski definition) is 4. The van der Waals surface area contributed by atoms with E-state index in [1.807, 2.05) is 42.5 Å². The number of amides is 1. The van der Waals surface area contributed by atoms with E-state index in [1.165, 1.54) is 17.3 Å². The van der Waals surface area contributed by atoms with E-state index in [4.69, 9.17) is 4.74 Å². The molecule has 142 valence electrons. The lowest BCUT2D eigenvalue weighted by molar-refractivity contribution is 0.0522. The summed E-state index contributed by atoms with van der Waals surface area (Å²) >= 11 is 0. The van der Waals surface area contributed by atoms with E-state index < -0.39 is 5.97 Å². The molecular formula is C22H21N3O3. The van der Waals surface area contributed by atoms with Crippen LogP contribution in [0.2, 0.25) is 0 Å². The van der Waals surface area contributed by atoms with Gasteiger partial charge in [0.05, 0.1) is 19.3 Å². The fraction of sp³-hybridized carbons (Fsp3) is 0.227. The topological polar surface area (TPSA) is 64.4 Å². The molecular weight excluding hydrogens is 354 g/mol. The SMILES string of the molecule is CCOC(=O)c1cnn2c1C(=O)N(c1ccc(Cc3ccccc3)cc1)CC2. The van der Waals surface area contributed by atoms with Gasteiger partial charge in [0.15, 0.2) is 0 Å². The summed E-state index contributed by atoms with van der Waals surface area (Å²) in [6, 6.07) is 18.2. The van der Waals surface area contributed by atoms with Gasteiger partial charge in [-0.25, -0.2) is 4.79 Å². The molecule has 6 nitrogen and oxygen atoms in total. The molecule has 0 bridgehead atoms. The highest BCUT2D eigenvalue weighted by Crippen LogP contribution is 2.24. The van der Waals surface area contributed by atoms with Crippen LogP contribution in [0.25, 0.3) is 0 Å². The summed E-state index contributed by atoms with van der Waals surface area (Å²) in [6.45, 7) is 3.03. The van der Waals surface area contributed by atoms with Crippen molar-refractivity contribution in [3.63, 3.8) is 0 Å². The molecule has 0 atom stereocenters. The second-order valence-corrected chi connectivity index (χ2v) is 6.64. The van der Waals surface area contributed by atoms with E-state index in [0.717, 1.165) is 12.1 Å². The van der Waals surface area contributed by atoms with E-state index in [0.29, 0.717) is 13.1 Å². The molecule has 0 N–H and O–H groups in total. The number of fused-ring (bicyclic) bond motifs is 1. The number of esters is 1. The third kappa shape index (κ3) is 3.41. The Hall–Kier alpha value is -3.41. The largest absolute Gasteiger partial charge is 0.462 e. The number of benzene rings is 2. The number of carbonyl (C=O) groups is 2. The highest BCUT2D eigenvalue weighted by molar-refractivity contribution is 6.11. The smallest absolute Gasteiger partial charge is 0.342 e. The van der Waals surface area contributed by atoms with Crippen LogP contribution in [0.3, 0.4) is 0 Å². The first kappa shape index (κ1) is 18.0. The molecule has 3 aromatic rings. The van der Waals surface area contributed by atoms with Gasteiger partial charge in [0, 0.05) is 12.2 Å². The highest BCUT2D eigenvalue weighted by Gasteiger charge is 2.32. The molecule has 2 heterocycles. The number of carbonyl (C=O) groups excluding carboxylic acids is 2. The molecule has 0 radical (unpaired) electrons. The van der Waals surface area contributed by atoms with Crippen LogP contribution in [0.4, 0.5) is 5.69 Å². The molecule has 1 aromatic heterocycles. The fourth-order valence-corrected chi connectivity index (χ4v) is 3.43. The van der Waals surface area contributed by atoms with Gasteiger partial charge in [0.2, 0.25) is 0 Å². The molecule has 6 heteroatoms. The lowest BCUT2D eigenvalue weighted by Gasteiger charge is -2.28. The minimum absolute atomic E-state index is 0.220. The van der Waals surface area contributed by atoms with E-state index in [9.17, 15) is 9.59 Å². The van der Waals surface area contributed by atoms with Crippen LogP contribution in [-0.2, 0) is 17.7 Å². The van der Waals surface area contributed by atoms with Crippen molar-refractivity contribution in [3.05, 3.63) is 83.2 Å². The van der Waals surface area contributed by atoms with Gasteiger partial charge in [-0.3, -0.25) is 9.48 Å². The molecule has 0 saturated carbocycles. The Balaban J connectivity index is 1.55. The predicted molar refractivity (Wildman–Crippen MR) is 106 cm³/mol. The molecule has 0 aliphatic carbocycles. The predicted octanol–water partition coefficient (Wildman–Crippen LogP) is 3.31. The molecule has 1 aliphatic heterocycles. The number of nitrogens with zero attached hydrogens (tertiary/aromatic N) is 3. The maximum atomic E-state index is 13.0. The van der Waals surface area contributed by atoms with Crippen LogP contribution in [-0.4, -0.2) is 34.8 Å². The first-order valence-electron chi connectivity index (χ1n) is 9.35. The van der Waals surface area contributed by atoms with E-state index >= 15 is 0 Å². The summed E-state index contributed by atoms with van der Waals surface area (Å²) in [6.07, 6.45) is 2.26. The second-order valence-electron chi connectivity index (χ2n) is 6.64. The van der Waals surface area contributed by atoms with Crippen molar-refractivity contribution < 1.29 is 14.3 Å². The minimum Gasteiger partial charge on any atom is -0.462 e. The van der Waals surface area contributed by atoms with E-state index in [1.54, 1.807) is 16.5 Å². The first-order chi connectivity index (χ1) is 13.7. The van der Waals surface area contributed by atoms with E-state index in [-0.39, 0.29) is 23.8 Å². The van der Waals surface area contributed by atoms with Crippen molar-refractivity contribution in [1.29, 1.82) is 0 Å². The lowest BCUT2D eigenvalue weighted by Crippen LogP contribution is -2.41. The average molecular weight is 375 g/mol.